The van der Waals surface area contributed by atoms with Crippen LogP contribution in [0.5, 0.6) is 0 Å². The summed E-state index contributed by atoms with van der Waals surface area (Å²) in [6.07, 6.45) is 0.239. The van der Waals surface area contributed by atoms with Crippen LogP contribution in [0.2, 0.25) is 0 Å². The molecule has 3 rings (SSSR count). The van der Waals surface area contributed by atoms with Gasteiger partial charge >= 0.3 is 0 Å². The predicted octanol–water partition coefficient (Wildman–Crippen LogP) is 2.56. The van der Waals surface area contributed by atoms with Gasteiger partial charge in [-0.1, -0.05) is 42.0 Å². The lowest BCUT2D eigenvalue weighted by Gasteiger charge is -2.13. The Morgan fingerprint density at radius 1 is 1.12 bits per heavy atom. The Bertz CT molecular complexity index is 866. The van der Waals surface area contributed by atoms with Crippen LogP contribution in [0.4, 0.5) is 5.95 Å². The number of aromatic nitrogens is 2. The van der Waals surface area contributed by atoms with E-state index in [0.29, 0.717) is 5.95 Å². The van der Waals surface area contributed by atoms with Crippen molar-refractivity contribution in [3.05, 3.63) is 59.7 Å². The number of aromatic amines is 1. The van der Waals surface area contributed by atoms with E-state index in [2.05, 4.69) is 20.6 Å². The SMILES string of the molecule is Cc1ccc(CC(=O)NC(C)C(=O)Nc2nc3ccccc3[nH]2)cc1. The highest BCUT2D eigenvalue weighted by atomic mass is 16.2. The molecule has 1 unspecified atom stereocenters. The molecule has 0 fully saturated rings. The van der Waals surface area contributed by atoms with E-state index in [0.717, 1.165) is 22.2 Å². The fourth-order valence-corrected chi connectivity index (χ4v) is 2.49. The zero-order valence-electron chi connectivity index (χ0n) is 14.2. The molecule has 2 amide bonds. The number of nitrogens with one attached hydrogen (secondary N) is 3. The van der Waals surface area contributed by atoms with Crippen LogP contribution < -0.4 is 10.6 Å². The molecule has 6 heteroatoms. The first-order chi connectivity index (χ1) is 12.0. The minimum atomic E-state index is -0.661. The number of aryl methyl sites for hydroxylation is 1. The van der Waals surface area contributed by atoms with E-state index >= 15 is 0 Å². The number of para-hydroxylation sites is 2. The van der Waals surface area contributed by atoms with Crippen molar-refractivity contribution < 1.29 is 9.59 Å². The summed E-state index contributed by atoms with van der Waals surface area (Å²) in [4.78, 5) is 31.6. The maximum absolute atomic E-state index is 12.2. The summed E-state index contributed by atoms with van der Waals surface area (Å²) in [5.74, 6) is -0.154. The van der Waals surface area contributed by atoms with Gasteiger partial charge < -0.3 is 10.3 Å². The van der Waals surface area contributed by atoms with Crippen molar-refractivity contribution in [2.24, 2.45) is 0 Å². The van der Waals surface area contributed by atoms with Gasteiger partial charge in [0.05, 0.1) is 17.5 Å². The van der Waals surface area contributed by atoms with Crippen molar-refractivity contribution in [1.82, 2.24) is 15.3 Å². The standard InChI is InChI=1S/C19H20N4O2/c1-12-7-9-14(10-8-12)11-17(24)20-13(2)18(25)23-19-21-15-5-3-4-6-16(15)22-19/h3-10,13H,11H2,1-2H3,(H,20,24)(H2,21,22,23,25). The molecule has 128 valence electrons. The second-order valence-corrected chi connectivity index (χ2v) is 6.04. The molecule has 1 aromatic heterocycles. The molecule has 3 N–H and O–H groups in total. The fraction of sp³-hybridized carbons (Fsp3) is 0.211. The number of hydrogen-bond donors (Lipinski definition) is 3. The van der Waals surface area contributed by atoms with Gasteiger partial charge in [0.1, 0.15) is 6.04 Å². The van der Waals surface area contributed by atoms with Crippen LogP contribution in [0.15, 0.2) is 48.5 Å². The van der Waals surface area contributed by atoms with Gasteiger partial charge in [-0.3, -0.25) is 14.9 Å². The third kappa shape index (κ3) is 4.23. The minimum absolute atomic E-state index is 0.198. The van der Waals surface area contributed by atoms with E-state index in [-0.39, 0.29) is 18.2 Å². The third-order valence-electron chi connectivity index (χ3n) is 3.89. The van der Waals surface area contributed by atoms with E-state index in [9.17, 15) is 9.59 Å². The van der Waals surface area contributed by atoms with Gasteiger partial charge in [-0.2, -0.15) is 0 Å². The van der Waals surface area contributed by atoms with E-state index < -0.39 is 6.04 Å². The van der Waals surface area contributed by atoms with Crippen molar-refractivity contribution in [2.75, 3.05) is 5.32 Å². The summed E-state index contributed by atoms with van der Waals surface area (Å²) < 4.78 is 0. The number of imidazole rings is 1. The predicted molar refractivity (Wildman–Crippen MR) is 97.2 cm³/mol. The Balaban J connectivity index is 1.56. The van der Waals surface area contributed by atoms with Crippen molar-refractivity contribution in [3.8, 4) is 0 Å². The fourth-order valence-electron chi connectivity index (χ4n) is 2.49. The maximum Gasteiger partial charge on any atom is 0.248 e. The number of carbonyl (C=O) groups excluding carboxylic acids is 2. The first kappa shape index (κ1) is 16.7. The van der Waals surface area contributed by atoms with Crippen LogP contribution in [0.25, 0.3) is 11.0 Å². The lowest BCUT2D eigenvalue weighted by molar-refractivity contribution is -0.125. The summed E-state index contributed by atoms with van der Waals surface area (Å²) in [6.45, 7) is 3.64. The Morgan fingerprint density at radius 3 is 2.56 bits per heavy atom. The van der Waals surface area contributed by atoms with E-state index in [1.54, 1.807) is 6.92 Å². The number of nitrogens with zero attached hydrogens (tertiary/aromatic N) is 1. The maximum atomic E-state index is 12.2. The van der Waals surface area contributed by atoms with Gasteiger partial charge in [0.15, 0.2) is 0 Å². The van der Waals surface area contributed by atoms with E-state index in [1.807, 2.05) is 55.5 Å². The quantitative estimate of drug-likeness (QED) is 0.669. The van der Waals surface area contributed by atoms with Gasteiger partial charge in [0, 0.05) is 0 Å². The van der Waals surface area contributed by atoms with Crippen molar-refractivity contribution in [1.29, 1.82) is 0 Å². The highest BCUT2D eigenvalue weighted by Crippen LogP contribution is 2.13. The van der Waals surface area contributed by atoms with E-state index in [1.165, 1.54) is 0 Å². The van der Waals surface area contributed by atoms with Crippen molar-refractivity contribution in [3.63, 3.8) is 0 Å². The molecule has 25 heavy (non-hydrogen) atoms. The van der Waals surface area contributed by atoms with Crippen LogP contribution in [0.1, 0.15) is 18.1 Å². The molecule has 3 aromatic rings. The number of hydrogen-bond acceptors (Lipinski definition) is 3. The molecular formula is C19H20N4O2. The number of anilines is 1. The molecule has 0 radical (unpaired) electrons. The lowest BCUT2D eigenvalue weighted by atomic mass is 10.1. The highest BCUT2D eigenvalue weighted by molar-refractivity contribution is 5.97. The topological polar surface area (TPSA) is 86.9 Å². The molecule has 0 saturated carbocycles. The summed E-state index contributed by atoms with van der Waals surface area (Å²) >= 11 is 0. The first-order valence-corrected chi connectivity index (χ1v) is 8.12. The number of benzene rings is 2. The van der Waals surface area contributed by atoms with Crippen molar-refractivity contribution >= 4 is 28.8 Å². The van der Waals surface area contributed by atoms with Crippen LogP contribution >= 0.6 is 0 Å². The average Bonchev–Trinajstić information content (AvgIpc) is 2.99. The van der Waals surface area contributed by atoms with Crippen LogP contribution in [0, 0.1) is 6.92 Å². The molecule has 0 bridgehead atoms. The second-order valence-electron chi connectivity index (χ2n) is 6.04. The molecule has 1 atom stereocenters. The molecule has 0 aliphatic rings. The monoisotopic (exact) mass is 336 g/mol. The number of carbonyl (C=O) groups is 2. The number of H-pyrrole nitrogens is 1. The lowest BCUT2D eigenvalue weighted by Crippen LogP contribution is -2.42. The zero-order chi connectivity index (χ0) is 17.8. The van der Waals surface area contributed by atoms with Gasteiger partial charge in [-0.05, 0) is 31.5 Å². The smallest absolute Gasteiger partial charge is 0.248 e. The summed E-state index contributed by atoms with van der Waals surface area (Å²) in [7, 11) is 0. The van der Waals surface area contributed by atoms with Crippen LogP contribution in [-0.2, 0) is 16.0 Å². The molecule has 0 spiro atoms. The van der Waals surface area contributed by atoms with E-state index in [4.69, 9.17) is 0 Å². The number of rotatable bonds is 5. The highest BCUT2D eigenvalue weighted by Gasteiger charge is 2.17. The third-order valence-corrected chi connectivity index (χ3v) is 3.89. The normalized spacial score (nSPS) is 11.9. The number of fused-ring (bicyclic) bond motifs is 1. The van der Waals surface area contributed by atoms with Gasteiger partial charge in [0.25, 0.3) is 0 Å². The van der Waals surface area contributed by atoms with Crippen molar-refractivity contribution in [2.45, 2.75) is 26.3 Å². The Labute approximate surface area is 145 Å². The molecule has 1 heterocycles. The van der Waals surface area contributed by atoms with Gasteiger partial charge in [0.2, 0.25) is 17.8 Å². The van der Waals surface area contributed by atoms with Gasteiger partial charge in [-0.25, -0.2) is 4.98 Å². The summed E-state index contributed by atoms with van der Waals surface area (Å²) in [5, 5.41) is 5.39. The molecule has 0 saturated heterocycles. The van der Waals surface area contributed by atoms with Crippen LogP contribution in [0.3, 0.4) is 0 Å². The van der Waals surface area contributed by atoms with Gasteiger partial charge in [-0.15, -0.1) is 0 Å². The number of amides is 2. The average molecular weight is 336 g/mol. The largest absolute Gasteiger partial charge is 0.344 e. The molecular weight excluding hydrogens is 316 g/mol. The minimum Gasteiger partial charge on any atom is -0.344 e. The molecule has 0 aliphatic heterocycles. The van der Waals surface area contributed by atoms with Crippen LogP contribution in [-0.4, -0.2) is 27.8 Å². The molecule has 6 nitrogen and oxygen atoms in total. The Hall–Kier alpha value is -3.15. The first-order valence-electron chi connectivity index (χ1n) is 8.12. The summed E-state index contributed by atoms with van der Waals surface area (Å²) in [5.41, 5.74) is 3.67. The zero-order valence-corrected chi connectivity index (χ0v) is 14.2. The Morgan fingerprint density at radius 2 is 1.84 bits per heavy atom. The summed E-state index contributed by atoms with van der Waals surface area (Å²) in [6, 6.07) is 14.6. The Kier molecular flexibility index (Phi) is 4.79. The second kappa shape index (κ2) is 7.17. The molecule has 2 aromatic carbocycles. The molecule has 0 aliphatic carbocycles.